The summed E-state index contributed by atoms with van der Waals surface area (Å²) in [5, 5.41) is 14.5. The van der Waals surface area contributed by atoms with Crippen LogP contribution in [0.4, 0.5) is 0 Å². The minimum absolute atomic E-state index is 0.0101. The highest BCUT2D eigenvalue weighted by Gasteiger charge is 2.33. The summed E-state index contributed by atoms with van der Waals surface area (Å²) in [6.07, 6.45) is 5.53. The standard InChI is InChI=1S/C21H23N5OS/c1-13-17(10-22-25(13)2)18-12-26(11-15-6-3-4-9-16(15)18)21(27)20-24-23-19(28-20)14-7-5-8-14/h3-4,6,9-10,14,18H,5,7-8,11-12H2,1-2H3. The first-order valence-electron chi connectivity index (χ1n) is 9.81. The number of aryl methyl sites for hydroxylation is 1. The van der Waals surface area contributed by atoms with Crippen molar-refractivity contribution in [3.63, 3.8) is 0 Å². The first-order valence-corrected chi connectivity index (χ1v) is 10.6. The van der Waals surface area contributed by atoms with Crippen molar-refractivity contribution < 1.29 is 4.79 Å². The predicted molar refractivity (Wildman–Crippen MR) is 107 cm³/mol. The van der Waals surface area contributed by atoms with Crippen molar-refractivity contribution in [1.82, 2.24) is 24.9 Å². The second-order valence-electron chi connectivity index (χ2n) is 7.82. The van der Waals surface area contributed by atoms with Gasteiger partial charge in [-0.25, -0.2) is 0 Å². The number of fused-ring (bicyclic) bond motifs is 1. The molecular weight excluding hydrogens is 370 g/mol. The number of rotatable bonds is 3. The first kappa shape index (κ1) is 17.6. The van der Waals surface area contributed by atoms with E-state index in [-0.39, 0.29) is 11.8 Å². The molecule has 1 aliphatic carbocycles. The van der Waals surface area contributed by atoms with Crippen molar-refractivity contribution in [1.29, 1.82) is 0 Å². The molecule has 2 aliphatic rings. The van der Waals surface area contributed by atoms with Crippen LogP contribution in [-0.2, 0) is 13.6 Å². The van der Waals surface area contributed by atoms with Crippen LogP contribution in [0.3, 0.4) is 0 Å². The molecule has 0 N–H and O–H groups in total. The van der Waals surface area contributed by atoms with Gasteiger partial charge in [-0.3, -0.25) is 9.48 Å². The van der Waals surface area contributed by atoms with Crippen LogP contribution >= 0.6 is 11.3 Å². The lowest BCUT2D eigenvalue weighted by atomic mass is 9.85. The van der Waals surface area contributed by atoms with Gasteiger partial charge >= 0.3 is 0 Å². The third-order valence-corrected chi connectivity index (χ3v) is 7.28. The van der Waals surface area contributed by atoms with E-state index in [1.165, 1.54) is 47.3 Å². The van der Waals surface area contributed by atoms with Crippen molar-refractivity contribution >= 4 is 17.2 Å². The van der Waals surface area contributed by atoms with E-state index in [2.05, 4.69) is 40.4 Å². The van der Waals surface area contributed by atoms with Crippen molar-refractivity contribution in [2.24, 2.45) is 7.05 Å². The zero-order valence-corrected chi connectivity index (χ0v) is 16.9. The fraction of sp³-hybridized carbons (Fsp3) is 0.429. The molecule has 1 fully saturated rings. The average molecular weight is 394 g/mol. The van der Waals surface area contributed by atoms with Crippen LogP contribution in [0.25, 0.3) is 0 Å². The second-order valence-corrected chi connectivity index (χ2v) is 8.83. The molecule has 3 heterocycles. The highest BCUT2D eigenvalue weighted by molar-refractivity contribution is 7.13. The largest absolute Gasteiger partial charge is 0.331 e. The van der Waals surface area contributed by atoms with E-state index in [0.29, 0.717) is 24.0 Å². The Balaban J connectivity index is 1.47. The van der Waals surface area contributed by atoms with Crippen LogP contribution in [0, 0.1) is 6.92 Å². The van der Waals surface area contributed by atoms with Gasteiger partial charge in [0.2, 0.25) is 5.01 Å². The van der Waals surface area contributed by atoms with Crippen LogP contribution in [0.5, 0.6) is 0 Å². The molecule has 3 aromatic rings. The minimum atomic E-state index is -0.0101. The Morgan fingerprint density at radius 1 is 1.18 bits per heavy atom. The summed E-state index contributed by atoms with van der Waals surface area (Å²) in [6, 6.07) is 8.41. The van der Waals surface area contributed by atoms with Gasteiger partial charge in [-0.05, 0) is 30.9 Å². The van der Waals surface area contributed by atoms with Crippen molar-refractivity contribution in [2.75, 3.05) is 6.54 Å². The summed E-state index contributed by atoms with van der Waals surface area (Å²) in [4.78, 5) is 15.2. The Bertz CT molecular complexity index is 1040. The molecular formula is C21H23N5OS. The molecule has 2 aromatic heterocycles. The molecule has 1 atom stereocenters. The van der Waals surface area contributed by atoms with Gasteiger partial charge in [-0.15, -0.1) is 10.2 Å². The van der Waals surface area contributed by atoms with Gasteiger partial charge in [0.1, 0.15) is 5.01 Å². The normalized spacial score (nSPS) is 19.4. The smallest absolute Gasteiger partial charge is 0.285 e. The third kappa shape index (κ3) is 2.85. The number of benzene rings is 1. The number of hydrogen-bond acceptors (Lipinski definition) is 5. The SMILES string of the molecule is Cc1c(C2CN(C(=O)c3nnc(C4CCC4)s3)Cc3ccccc32)cnn1C. The van der Waals surface area contributed by atoms with Crippen LogP contribution in [0.2, 0.25) is 0 Å². The number of aromatic nitrogens is 4. The highest BCUT2D eigenvalue weighted by Crippen LogP contribution is 2.39. The van der Waals surface area contributed by atoms with Gasteiger partial charge in [0, 0.05) is 43.2 Å². The van der Waals surface area contributed by atoms with Gasteiger partial charge in [-0.2, -0.15) is 5.10 Å². The van der Waals surface area contributed by atoms with Crippen LogP contribution in [-0.4, -0.2) is 37.3 Å². The molecule has 0 bridgehead atoms. The van der Waals surface area contributed by atoms with E-state index < -0.39 is 0 Å². The maximum atomic E-state index is 13.2. The Labute approximate surface area is 168 Å². The lowest BCUT2D eigenvalue weighted by Crippen LogP contribution is -2.38. The fourth-order valence-corrected chi connectivity index (χ4v) is 5.14. The van der Waals surface area contributed by atoms with Gasteiger partial charge in [-0.1, -0.05) is 42.0 Å². The average Bonchev–Trinajstić information content (AvgIpc) is 3.27. The summed E-state index contributed by atoms with van der Waals surface area (Å²) in [5.41, 5.74) is 4.80. The molecule has 0 radical (unpaired) electrons. The Morgan fingerprint density at radius 2 is 2.00 bits per heavy atom. The molecule has 1 saturated carbocycles. The Hall–Kier alpha value is -2.54. The lowest BCUT2D eigenvalue weighted by Gasteiger charge is -2.34. The van der Waals surface area contributed by atoms with Crippen molar-refractivity contribution in [3.05, 3.63) is 62.9 Å². The summed E-state index contributed by atoms with van der Waals surface area (Å²) in [7, 11) is 1.96. The summed E-state index contributed by atoms with van der Waals surface area (Å²) >= 11 is 1.47. The van der Waals surface area contributed by atoms with E-state index in [9.17, 15) is 4.79 Å². The van der Waals surface area contributed by atoms with Gasteiger partial charge in [0.15, 0.2) is 0 Å². The molecule has 1 aromatic carbocycles. The molecule has 6 nitrogen and oxygen atoms in total. The van der Waals surface area contributed by atoms with E-state index in [0.717, 1.165) is 10.7 Å². The lowest BCUT2D eigenvalue weighted by molar-refractivity contribution is 0.0723. The van der Waals surface area contributed by atoms with Crippen molar-refractivity contribution in [3.8, 4) is 0 Å². The fourth-order valence-electron chi connectivity index (χ4n) is 4.16. The quantitative estimate of drug-likeness (QED) is 0.682. The number of nitrogens with zero attached hydrogens (tertiary/aromatic N) is 5. The summed E-state index contributed by atoms with van der Waals surface area (Å²) < 4.78 is 1.90. The van der Waals surface area contributed by atoms with E-state index >= 15 is 0 Å². The summed E-state index contributed by atoms with van der Waals surface area (Å²) in [6.45, 7) is 3.34. The van der Waals surface area contributed by atoms with E-state index in [1.54, 1.807) is 0 Å². The maximum Gasteiger partial charge on any atom is 0.285 e. The molecule has 28 heavy (non-hydrogen) atoms. The number of carbonyl (C=O) groups is 1. The Morgan fingerprint density at radius 3 is 2.71 bits per heavy atom. The van der Waals surface area contributed by atoms with Gasteiger partial charge in [0.25, 0.3) is 5.91 Å². The maximum absolute atomic E-state index is 13.2. The monoisotopic (exact) mass is 393 g/mol. The van der Waals surface area contributed by atoms with Crippen LogP contribution < -0.4 is 0 Å². The molecule has 144 valence electrons. The zero-order valence-electron chi connectivity index (χ0n) is 16.1. The summed E-state index contributed by atoms with van der Waals surface area (Å²) in [5.74, 6) is 0.623. The van der Waals surface area contributed by atoms with Crippen LogP contribution in [0.1, 0.15) is 68.3 Å². The van der Waals surface area contributed by atoms with E-state index in [4.69, 9.17) is 0 Å². The van der Waals surface area contributed by atoms with E-state index in [1.807, 2.05) is 28.9 Å². The number of amides is 1. The van der Waals surface area contributed by atoms with Gasteiger partial charge in [0.05, 0.1) is 6.20 Å². The predicted octanol–water partition coefficient (Wildman–Crippen LogP) is 3.64. The molecule has 1 aliphatic heterocycles. The molecule has 7 heteroatoms. The number of hydrogen-bond donors (Lipinski definition) is 0. The topological polar surface area (TPSA) is 63.9 Å². The minimum Gasteiger partial charge on any atom is -0.331 e. The zero-order chi connectivity index (χ0) is 19.3. The third-order valence-electron chi connectivity index (χ3n) is 6.21. The second kappa shape index (κ2) is 6.81. The molecule has 5 rings (SSSR count). The van der Waals surface area contributed by atoms with Gasteiger partial charge < -0.3 is 4.90 Å². The molecule has 0 saturated heterocycles. The highest BCUT2D eigenvalue weighted by atomic mass is 32.1. The molecule has 0 spiro atoms. The molecule has 1 unspecified atom stereocenters. The Kier molecular flexibility index (Phi) is 4.27. The van der Waals surface area contributed by atoms with Crippen LogP contribution in [0.15, 0.2) is 30.5 Å². The molecule has 1 amide bonds. The van der Waals surface area contributed by atoms with Crippen molar-refractivity contribution in [2.45, 2.75) is 44.6 Å². The first-order chi connectivity index (χ1) is 13.6. The number of carbonyl (C=O) groups excluding carboxylic acids is 1.